The van der Waals surface area contributed by atoms with Crippen LogP contribution in [0.5, 0.6) is 5.75 Å². The quantitative estimate of drug-likeness (QED) is 0.596. The van der Waals surface area contributed by atoms with Gasteiger partial charge in [-0.05, 0) is 18.2 Å². The van der Waals surface area contributed by atoms with E-state index in [9.17, 15) is 4.39 Å². The maximum absolute atomic E-state index is 13.1. The Bertz CT molecular complexity index is 437. The lowest BCUT2D eigenvalue weighted by Crippen LogP contribution is -2.10. The third-order valence-electron chi connectivity index (χ3n) is 2.16. The number of aliphatic hydroxyl groups is 1. The molecule has 1 rings (SSSR count). The first-order valence-corrected chi connectivity index (χ1v) is 5.86. The van der Waals surface area contributed by atoms with Crippen molar-refractivity contribution in [3.05, 3.63) is 29.6 Å². The standard InChI is InChI=1S/C14H17FO4/c1-17-7-8-18-9-10-19-14-5-4-13(15)11-12(14)3-2-6-16/h4-5,11,16H,6-10H2,1H3. The molecule has 0 saturated heterocycles. The van der Waals surface area contributed by atoms with Crippen molar-refractivity contribution < 1.29 is 23.7 Å². The van der Waals surface area contributed by atoms with Gasteiger partial charge in [-0.15, -0.1) is 0 Å². The predicted octanol–water partition coefficient (Wildman–Crippen LogP) is 1.21. The van der Waals surface area contributed by atoms with E-state index < -0.39 is 5.82 Å². The van der Waals surface area contributed by atoms with Gasteiger partial charge in [0.1, 0.15) is 24.8 Å². The summed E-state index contributed by atoms with van der Waals surface area (Å²) in [6.45, 7) is 1.50. The van der Waals surface area contributed by atoms with Crippen molar-refractivity contribution >= 4 is 0 Å². The van der Waals surface area contributed by atoms with Gasteiger partial charge in [-0.2, -0.15) is 0 Å². The van der Waals surface area contributed by atoms with E-state index in [0.29, 0.717) is 37.7 Å². The van der Waals surface area contributed by atoms with E-state index in [4.69, 9.17) is 19.3 Å². The van der Waals surface area contributed by atoms with E-state index in [-0.39, 0.29) is 6.61 Å². The van der Waals surface area contributed by atoms with Gasteiger partial charge in [-0.25, -0.2) is 4.39 Å². The zero-order chi connectivity index (χ0) is 13.9. The van der Waals surface area contributed by atoms with Crippen LogP contribution in [0.2, 0.25) is 0 Å². The molecular weight excluding hydrogens is 251 g/mol. The molecule has 19 heavy (non-hydrogen) atoms. The summed E-state index contributed by atoms with van der Waals surface area (Å²) in [6.07, 6.45) is 0. The summed E-state index contributed by atoms with van der Waals surface area (Å²) >= 11 is 0. The molecule has 0 radical (unpaired) electrons. The monoisotopic (exact) mass is 268 g/mol. The van der Waals surface area contributed by atoms with E-state index in [1.54, 1.807) is 7.11 Å². The van der Waals surface area contributed by atoms with Crippen LogP contribution in [0.4, 0.5) is 4.39 Å². The second-order valence-electron chi connectivity index (χ2n) is 3.55. The SMILES string of the molecule is COCCOCCOc1ccc(F)cc1C#CCO. The predicted molar refractivity (Wildman–Crippen MR) is 68.6 cm³/mol. The lowest BCUT2D eigenvalue weighted by molar-refractivity contribution is 0.0544. The van der Waals surface area contributed by atoms with Gasteiger partial charge in [-0.1, -0.05) is 11.8 Å². The Kier molecular flexibility index (Phi) is 7.59. The number of ether oxygens (including phenoxy) is 3. The maximum atomic E-state index is 13.1. The zero-order valence-corrected chi connectivity index (χ0v) is 10.8. The molecule has 0 saturated carbocycles. The Morgan fingerprint density at radius 3 is 2.74 bits per heavy atom. The van der Waals surface area contributed by atoms with Gasteiger partial charge in [0.25, 0.3) is 0 Å². The van der Waals surface area contributed by atoms with Crippen LogP contribution < -0.4 is 4.74 Å². The molecule has 1 N–H and O–H groups in total. The highest BCUT2D eigenvalue weighted by molar-refractivity contribution is 5.46. The molecule has 0 unspecified atom stereocenters. The van der Waals surface area contributed by atoms with E-state index in [1.807, 2.05) is 0 Å². The molecule has 0 aromatic heterocycles. The maximum Gasteiger partial charge on any atom is 0.135 e. The van der Waals surface area contributed by atoms with E-state index in [0.717, 1.165) is 0 Å². The Morgan fingerprint density at radius 1 is 1.21 bits per heavy atom. The van der Waals surface area contributed by atoms with Crippen LogP contribution in [0.25, 0.3) is 0 Å². The van der Waals surface area contributed by atoms with Crippen LogP contribution in [0.15, 0.2) is 18.2 Å². The molecule has 5 heteroatoms. The Balaban J connectivity index is 2.48. The minimum Gasteiger partial charge on any atom is -0.490 e. The molecule has 104 valence electrons. The summed E-state index contributed by atoms with van der Waals surface area (Å²) in [7, 11) is 1.60. The molecule has 1 aromatic carbocycles. The van der Waals surface area contributed by atoms with Gasteiger partial charge < -0.3 is 19.3 Å². The Morgan fingerprint density at radius 2 is 2.00 bits per heavy atom. The summed E-state index contributed by atoms with van der Waals surface area (Å²) in [6, 6.07) is 4.07. The summed E-state index contributed by atoms with van der Waals surface area (Å²) in [5, 5.41) is 8.64. The minimum atomic E-state index is -0.397. The summed E-state index contributed by atoms with van der Waals surface area (Å²) in [5.41, 5.74) is 0.408. The highest BCUT2D eigenvalue weighted by atomic mass is 19.1. The van der Waals surface area contributed by atoms with Gasteiger partial charge in [-0.3, -0.25) is 0 Å². The lowest BCUT2D eigenvalue weighted by Gasteiger charge is -2.08. The number of rotatable bonds is 7. The molecule has 0 atom stereocenters. The first kappa shape index (κ1) is 15.4. The van der Waals surface area contributed by atoms with Crippen molar-refractivity contribution in [3.8, 4) is 17.6 Å². The minimum absolute atomic E-state index is 0.282. The number of halogens is 1. The average Bonchev–Trinajstić information content (AvgIpc) is 2.42. The fourth-order valence-corrected chi connectivity index (χ4v) is 1.32. The number of hydrogen-bond acceptors (Lipinski definition) is 4. The lowest BCUT2D eigenvalue weighted by atomic mass is 10.2. The van der Waals surface area contributed by atoms with Crippen molar-refractivity contribution in [2.45, 2.75) is 0 Å². The van der Waals surface area contributed by atoms with Crippen LogP contribution >= 0.6 is 0 Å². The largest absolute Gasteiger partial charge is 0.490 e. The number of benzene rings is 1. The fraction of sp³-hybridized carbons (Fsp3) is 0.429. The second-order valence-corrected chi connectivity index (χ2v) is 3.55. The van der Waals surface area contributed by atoms with Gasteiger partial charge in [0.15, 0.2) is 0 Å². The number of hydrogen-bond donors (Lipinski definition) is 1. The van der Waals surface area contributed by atoms with Crippen molar-refractivity contribution in [1.82, 2.24) is 0 Å². The summed E-state index contributed by atoms with van der Waals surface area (Å²) < 4.78 is 28.6. The summed E-state index contributed by atoms with van der Waals surface area (Å²) in [5.74, 6) is 5.17. The molecule has 0 aliphatic carbocycles. The molecule has 0 aliphatic rings. The zero-order valence-electron chi connectivity index (χ0n) is 10.8. The van der Waals surface area contributed by atoms with Gasteiger partial charge in [0.2, 0.25) is 0 Å². The fourth-order valence-electron chi connectivity index (χ4n) is 1.32. The van der Waals surface area contributed by atoms with Crippen LogP contribution in [-0.4, -0.2) is 45.3 Å². The molecule has 0 spiro atoms. The van der Waals surface area contributed by atoms with Gasteiger partial charge in [0, 0.05) is 7.11 Å². The third kappa shape index (κ3) is 6.20. The average molecular weight is 268 g/mol. The first-order valence-electron chi connectivity index (χ1n) is 5.86. The van der Waals surface area contributed by atoms with Crippen LogP contribution in [0, 0.1) is 17.7 Å². The first-order chi connectivity index (χ1) is 9.27. The van der Waals surface area contributed by atoms with Crippen molar-refractivity contribution in [3.63, 3.8) is 0 Å². The molecule has 0 aliphatic heterocycles. The molecule has 4 nitrogen and oxygen atoms in total. The molecule has 1 aromatic rings. The van der Waals surface area contributed by atoms with Crippen molar-refractivity contribution in [2.75, 3.05) is 40.1 Å². The molecule has 0 amide bonds. The number of methoxy groups -OCH3 is 1. The second kappa shape index (κ2) is 9.34. The van der Waals surface area contributed by atoms with Crippen LogP contribution in [0.1, 0.15) is 5.56 Å². The molecule has 0 heterocycles. The van der Waals surface area contributed by atoms with E-state index in [2.05, 4.69) is 11.8 Å². The van der Waals surface area contributed by atoms with Crippen LogP contribution in [-0.2, 0) is 9.47 Å². The summed E-state index contributed by atoms with van der Waals surface area (Å²) in [4.78, 5) is 0. The smallest absolute Gasteiger partial charge is 0.135 e. The Labute approximate surface area is 112 Å². The Hall–Kier alpha value is -1.61. The topological polar surface area (TPSA) is 47.9 Å². The van der Waals surface area contributed by atoms with Gasteiger partial charge >= 0.3 is 0 Å². The highest BCUT2D eigenvalue weighted by Gasteiger charge is 2.03. The highest BCUT2D eigenvalue weighted by Crippen LogP contribution is 2.18. The third-order valence-corrected chi connectivity index (χ3v) is 2.16. The van der Waals surface area contributed by atoms with E-state index in [1.165, 1.54) is 18.2 Å². The van der Waals surface area contributed by atoms with Crippen LogP contribution in [0.3, 0.4) is 0 Å². The van der Waals surface area contributed by atoms with Crippen molar-refractivity contribution in [1.29, 1.82) is 0 Å². The molecule has 0 fully saturated rings. The van der Waals surface area contributed by atoms with Crippen molar-refractivity contribution in [2.24, 2.45) is 0 Å². The normalized spacial score (nSPS) is 9.84. The van der Waals surface area contributed by atoms with E-state index >= 15 is 0 Å². The molecular formula is C14H17FO4. The molecule has 0 bridgehead atoms. The number of aliphatic hydroxyl groups excluding tert-OH is 1. The van der Waals surface area contributed by atoms with Gasteiger partial charge in [0.05, 0.1) is 25.4 Å².